The SMILES string of the molecule is C=C1C[C@@]23CC[C@H]4[C@@](C)(CCC[C@@]4(C)C(=O)O[C@@H]4O[C@H](CO)[C@@H](O)[C@H](O)[C@H]4O)[C@@H]2CC[C@]1(O[C@@H]1O[C@H](CO)[C@@H](O)[C@H](O)[C@H]1O[C@@H]1O[C@H](CO)[C@@H](O)[C@H](O)[C@H]1O)C3.C[C@]12CC[C@@H]3c4ccc(O)cc4CC[C@H]3[C@@H]1CC[C@@H]2O. The molecule has 7 aliphatic carbocycles. The van der Waals surface area contributed by atoms with Crippen LogP contribution in [0.5, 0.6) is 5.75 Å². The average Bonchev–Trinajstić information content (AvgIpc) is 3.81. The first-order valence-electron chi connectivity index (χ1n) is 28.0. The van der Waals surface area contributed by atoms with Crippen LogP contribution in [0, 0.1) is 45.3 Å². The van der Waals surface area contributed by atoms with Crippen molar-refractivity contribution in [3.05, 3.63) is 41.5 Å². The second kappa shape index (κ2) is 21.1. The van der Waals surface area contributed by atoms with Gasteiger partial charge in [0, 0.05) is 0 Å². The van der Waals surface area contributed by atoms with Crippen molar-refractivity contribution in [3.8, 4) is 5.75 Å². The number of ether oxygens (including phenoxy) is 6. The number of esters is 1. The standard InChI is InChI=1S/C38H60O18.C18H24O2/c1-16-11-37-9-5-20-35(2,7-4-8-36(20,3)34(50)55-32-29(49)26(46)23(43)18(13-40)52-32)21(37)6-10-38(16,15-37)56-33-30(27(47)24(44)19(14-41)53-33)54-31-28(48)25(45)22(42)17(12-39)51-31;1-18-9-8-14-13-5-3-12(19)10-11(13)2-4-15(14)16(18)6-7-17(18)20/h17-33,39-49H,1,4-15H2,2-3H3;3,5,10,14-17,19-20H,2,4,6-9H2,1H3/t17-,18-,19-,20+,21+,22-,23-,24-,25+,26+,27+,28-,29-,30-,31+,32+,33+,35-,36-,37-,38+;14-,15-,16+,17+,18+/m11/s1. The van der Waals surface area contributed by atoms with Crippen molar-refractivity contribution in [1.29, 1.82) is 0 Å². The van der Waals surface area contributed by atoms with Gasteiger partial charge in [0.25, 0.3) is 0 Å². The number of hydrogen-bond donors (Lipinski definition) is 13. The van der Waals surface area contributed by atoms with Crippen LogP contribution in [0.15, 0.2) is 30.4 Å². The highest BCUT2D eigenvalue weighted by Crippen LogP contribution is 2.74. The Bertz CT molecular complexity index is 2270. The number of aliphatic hydroxyl groups is 12. The van der Waals surface area contributed by atoms with Gasteiger partial charge in [0.05, 0.1) is 36.9 Å². The van der Waals surface area contributed by atoms with Crippen molar-refractivity contribution >= 4 is 5.97 Å². The molecule has 428 valence electrons. The monoisotopic (exact) mass is 1080 g/mol. The second-order valence-corrected chi connectivity index (χ2v) is 25.4. The van der Waals surface area contributed by atoms with E-state index in [0.29, 0.717) is 62.5 Å². The molecule has 76 heavy (non-hydrogen) atoms. The van der Waals surface area contributed by atoms with Crippen LogP contribution in [0.4, 0.5) is 0 Å². The number of rotatable bonds is 9. The summed E-state index contributed by atoms with van der Waals surface area (Å²) in [7, 11) is 0. The number of aliphatic hydroxyl groups excluding tert-OH is 12. The van der Waals surface area contributed by atoms with Gasteiger partial charge in [-0.1, -0.05) is 32.9 Å². The molecule has 0 amide bonds. The van der Waals surface area contributed by atoms with Crippen LogP contribution in [-0.2, 0) is 39.6 Å². The third-order valence-corrected chi connectivity index (χ3v) is 21.6. The van der Waals surface area contributed by atoms with Crippen LogP contribution in [0.3, 0.4) is 0 Å². The predicted octanol–water partition coefficient (Wildman–Crippen LogP) is 0.671. The zero-order valence-corrected chi connectivity index (χ0v) is 44.0. The molecule has 11 rings (SSSR count). The van der Waals surface area contributed by atoms with Gasteiger partial charge in [0.1, 0.15) is 79.0 Å². The molecule has 9 fully saturated rings. The van der Waals surface area contributed by atoms with Gasteiger partial charge in [-0.25, -0.2) is 0 Å². The van der Waals surface area contributed by atoms with Crippen molar-refractivity contribution in [2.75, 3.05) is 19.8 Å². The number of aromatic hydroxyl groups is 1. The first kappa shape index (κ1) is 56.8. The zero-order chi connectivity index (χ0) is 54.6. The lowest BCUT2D eigenvalue weighted by Gasteiger charge is -2.64. The van der Waals surface area contributed by atoms with Gasteiger partial charge in [0.15, 0.2) is 12.6 Å². The zero-order valence-electron chi connectivity index (χ0n) is 44.0. The van der Waals surface area contributed by atoms with E-state index in [1.807, 2.05) is 19.1 Å². The number of carbonyl (C=O) groups excluding carboxylic acids is 1. The number of fused-ring (bicyclic) bond motifs is 8. The Kier molecular flexibility index (Phi) is 15.8. The highest BCUT2D eigenvalue weighted by atomic mass is 16.8. The van der Waals surface area contributed by atoms with Crippen molar-refractivity contribution in [1.82, 2.24) is 0 Å². The van der Waals surface area contributed by atoms with E-state index >= 15 is 0 Å². The lowest BCUT2D eigenvalue weighted by molar-refractivity contribution is -0.378. The third kappa shape index (κ3) is 9.22. The summed E-state index contributed by atoms with van der Waals surface area (Å²) in [6.45, 7) is 8.84. The molecular formula is C56H84O20. The number of hydrogen-bond acceptors (Lipinski definition) is 20. The van der Waals surface area contributed by atoms with Gasteiger partial charge < -0.3 is 94.8 Å². The Morgan fingerprint density at radius 3 is 1.95 bits per heavy atom. The number of benzene rings is 1. The van der Waals surface area contributed by atoms with E-state index in [2.05, 4.69) is 26.5 Å². The van der Waals surface area contributed by atoms with E-state index in [-0.39, 0.29) is 34.2 Å². The molecule has 0 radical (unpaired) electrons. The van der Waals surface area contributed by atoms with Gasteiger partial charge in [-0.2, -0.15) is 0 Å². The van der Waals surface area contributed by atoms with Gasteiger partial charge in [-0.3, -0.25) is 4.79 Å². The number of phenols is 1. The maximum atomic E-state index is 14.1. The van der Waals surface area contributed by atoms with Crippen LogP contribution in [0.25, 0.3) is 0 Å². The molecule has 1 aromatic rings. The van der Waals surface area contributed by atoms with Crippen LogP contribution < -0.4 is 0 Å². The van der Waals surface area contributed by atoms with Crippen molar-refractivity contribution in [2.24, 2.45) is 45.3 Å². The molecular weight excluding hydrogens is 993 g/mol. The van der Waals surface area contributed by atoms with Crippen LogP contribution >= 0.6 is 0 Å². The van der Waals surface area contributed by atoms with Gasteiger partial charge >= 0.3 is 5.97 Å². The van der Waals surface area contributed by atoms with Crippen molar-refractivity contribution in [3.63, 3.8) is 0 Å². The molecule has 0 aromatic heterocycles. The van der Waals surface area contributed by atoms with E-state index in [1.165, 1.54) is 30.4 Å². The highest BCUT2D eigenvalue weighted by molar-refractivity contribution is 5.77. The summed E-state index contributed by atoms with van der Waals surface area (Å²) >= 11 is 0. The minimum Gasteiger partial charge on any atom is -0.508 e. The van der Waals surface area contributed by atoms with E-state index in [9.17, 15) is 71.2 Å². The van der Waals surface area contributed by atoms with E-state index in [1.54, 1.807) is 0 Å². The normalized spacial score (nSPS) is 51.5. The van der Waals surface area contributed by atoms with Crippen LogP contribution in [0.2, 0.25) is 0 Å². The Balaban J connectivity index is 0.000000271. The summed E-state index contributed by atoms with van der Waals surface area (Å²) < 4.78 is 35.6. The highest BCUT2D eigenvalue weighted by Gasteiger charge is 2.69. The Morgan fingerprint density at radius 2 is 1.28 bits per heavy atom. The Morgan fingerprint density at radius 1 is 0.658 bits per heavy atom. The fraction of sp³-hybridized carbons (Fsp3) is 0.839. The smallest absolute Gasteiger partial charge is 0.314 e. The molecule has 3 aliphatic heterocycles. The first-order valence-corrected chi connectivity index (χ1v) is 28.0. The maximum absolute atomic E-state index is 14.1. The third-order valence-electron chi connectivity index (χ3n) is 21.6. The molecule has 1 aromatic carbocycles. The fourth-order valence-corrected chi connectivity index (χ4v) is 17.6. The molecule has 10 aliphatic rings. The average molecular weight is 1080 g/mol. The van der Waals surface area contributed by atoms with E-state index < -0.39 is 129 Å². The van der Waals surface area contributed by atoms with Crippen molar-refractivity contribution in [2.45, 2.75) is 227 Å². The Labute approximate surface area is 443 Å². The predicted molar refractivity (Wildman–Crippen MR) is 265 cm³/mol. The second-order valence-electron chi connectivity index (χ2n) is 25.4. The molecule has 26 atom stereocenters. The molecule has 0 unspecified atom stereocenters. The topological polar surface area (TPSA) is 335 Å². The number of carbonyl (C=O) groups is 1. The van der Waals surface area contributed by atoms with Crippen LogP contribution in [0.1, 0.15) is 128 Å². The summed E-state index contributed by atoms with van der Waals surface area (Å²) in [6, 6.07) is 5.96. The lowest BCUT2D eigenvalue weighted by atomic mass is 9.41. The maximum Gasteiger partial charge on any atom is 0.314 e. The minimum absolute atomic E-state index is 0.0883. The molecule has 6 saturated carbocycles. The quantitative estimate of drug-likeness (QED) is 0.0918. The molecule has 1 spiro atoms. The summed E-state index contributed by atoms with van der Waals surface area (Å²) in [5.41, 5.74) is 1.19. The first-order chi connectivity index (χ1) is 36.0. The summed E-state index contributed by atoms with van der Waals surface area (Å²) in [5, 5.41) is 134. The molecule has 20 nitrogen and oxygen atoms in total. The summed E-state index contributed by atoms with van der Waals surface area (Å²) in [6.07, 6.45) is -11.1. The van der Waals surface area contributed by atoms with Crippen LogP contribution in [-0.4, -0.2) is 196 Å². The number of aryl methyl sites for hydroxylation is 1. The minimum atomic E-state index is -1.81. The van der Waals surface area contributed by atoms with Gasteiger partial charge in [-0.15, -0.1) is 0 Å². The number of phenolic OH excluding ortho intramolecular Hbond substituents is 1. The summed E-state index contributed by atoms with van der Waals surface area (Å²) in [5.74, 6) is 1.90. The van der Waals surface area contributed by atoms with E-state index in [4.69, 9.17) is 28.4 Å². The fourth-order valence-electron chi connectivity index (χ4n) is 17.6. The largest absolute Gasteiger partial charge is 0.508 e. The summed E-state index contributed by atoms with van der Waals surface area (Å²) in [4.78, 5) is 14.1. The Hall–Kier alpha value is -2.45. The lowest BCUT2D eigenvalue weighted by Crippen LogP contribution is -2.65. The van der Waals surface area contributed by atoms with Crippen molar-refractivity contribution < 1.29 is 99.6 Å². The van der Waals surface area contributed by atoms with E-state index in [0.717, 1.165) is 43.6 Å². The molecule has 2 bridgehead atoms. The molecule has 3 heterocycles. The van der Waals surface area contributed by atoms with Gasteiger partial charge in [0.2, 0.25) is 6.29 Å². The van der Waals surface area contributed by atoms with Gasteiger partial charge in [-0.05, 0) is 171 Å². The molecule has 20 heteroatoms. The molecule has 3 saturated heterocycles. The molecule has 13 N–H and O–H groups in total.